The molecule has 1 saturated heterocycles. The summed E-state index contributed by atoms with van der Waals surface area (Å²) in [5.41, 5.74) is 0.678. The molecule has 0 radical (unpaired) electrons. The lowest BCUT2D eigenvalue weighted by molar-refractivity contribution is 0.00765. The highest BCUT2D eigenvalue weighted by atomic mass is 16.5. The van der Waals surface area contributed by atoms with Crippen LogP contribution in [0.15, 0.2) is 48.8 Å². The Balaban J connectivity index is 1.46. The van der Waals surface area contributed by atoms with Crippen LogP contribution in [-0.2, 0) is 4.74 Å². The van der Waals surface area contributed by atoms with E-state index in [1.54, 1.807) is 25.6 Å². The third-order valence-electron chi connectivity index (χ3n) is 4.58. The van der Waals surface area contributed by atoms with Crippen LogP contribution < -0.4 is 10.6 Å². The summed E-state index contributed by atoms with van der Waals surface area (Å²) in [5.74, 6) is 0.592. The minimum absolute atomic E-state index is 0.0226. The summed E-state index contributed by atoms with van der Waals surface area (Å²) in [4.78, 5) is 23.0. The van der Waals surface area contributed by atoms with Crippen LogP contribution in [0.4, 0.5) is 5.95 Å². The van der Waals surface area contributed by atoms with Crippen LogP contribution in [-0.4, -0.2) is 66.2 Å². The van der Waals surface area contributed by atoms with Crippen molar-refractivity contribution in [3.8, 4) is 0 Å². The molecule has 1 aliphatic rings. The van der Waals surface area contributed by atoms with Gasteiger partial charge < -0.3 is 15.4 Å². The monoisotopic (exact) mass is 355 g/mol. The Labute approximate surface area is 153 Å². The number of methoxy groups -OCH3 is 1. The van der Waals surface area contributed by atoms with Gasteiger partial charge in [-0.2, -0.15) is 0 Å². The first kappa shape index (κ1) is 18.3. The standard InChI is InChI=1S/C19H25N5O2/c1-26-17-14-24(13-11-22-19-20-9-5-10-21-19)12-8-16(17)23-18(25)15-6-3-2-4-7-15/h2-7,9-10,16-17H,8,11-14H2,1H3,(H,23,25)(H,20,21,22). The average Bonchev–Trinajstić information content (AvgIpc) is 2.70. The van der Waals surface area contributed by atoms with E-state index < -0.39 is 0 Å². The molecule has 2 N–H and O–H groups in total. The molecule has 7 heteroatoms. The van der Waals surface area contributed by atoms with Gasteiger partial charge in [-0.3, -0.25) is 9.69 Å². The van der Waals surface area contributed by atoms with Crippen molar-refractivity contribution >= 4 is 11.9 Å². The third kappa shape index (κ3) is 5.00. The van der Waals surface area contributed by atoms with Gasteiger partial charge in [0.15, 0.2) is 0 Å². The fourth-order valence-electron chi connectivity index (χ4n) is 3.15. The molecule has 1 aromatic carbocycles. The molecule has 2 atom stereocenters. The first-order valence-electron chi connectivity index (χ1n) is 8.88. The first-order valence-corrected chi connectivity index (χ1v) is 8.88. The molecule has 1 aromatic heterocycles. The van der Waals surface area contributed by atoms with Gasteiger partial charge >= 0.3 is 0 Å². The molecule has 0 bridgehead atoms. The van der Waals surface area contributed by atoms with Gasteiger partial charge in [-0.25, -0.2) is 9.97 Å². The SMILES string of the molecule is COC1CN(CCNc2ncccn2)CCC1NC(=O)c1ccccc1. The van der Waals surface area contributed by atoms with Crippen molar-refractivity contribution in [1.29, 1.82) is 0 Å². The second kappa shape index (κ2) is 9.26. The molecular weight excluding hydrogens is 330 g/mol. The molecule has 26 heavy (non-hydrogen) atoms. The van der Waals surface area contributed by atoms with Gasteiger partial charge in [0.2, 0.25) is 5.95 Å². The lowest BCUT2D eigenvalue weighted by Gasteiger charge is -2.38. The molecule has 2 heterocycles. The van der Waals surface area contributed by atoms with E-state index in [1.165, 1.54) is 0 Å². The van der Waals surface area contributed by atoms with E-state index in [4.69, 9.17) is 4.74 Å². The number of nitrogens with zero attached hydrogens (tertiary/aromatic N) is 3. The van der Waals surface area contributed by atoms with Gasteiger partial charge in [0.25, 0.3) is 5.91 Å². The van der Waals surface area contributed by atoms with E-state index in [9.17, 15) is 4.79 Å². The Bertz CT molecular complexity index is 683. The number of carbonyl (C=O) groups is 1. The highest BCUT2D eigenvalue weighted by Gasteiger charge is 2.30. The lowest BCUT2D eigenvalue weighted by atomic mass is 10.0. The van der Waals surface area contributed by atoms with Crippen molar-refractivity contribution in [2.24, 2.45) is 0 Å². The van der Waals surface area contributed by atoms with Gasteiger partial charge in [0.05, 0.1) is 12.1 Å². The number of benzene rings is 1. The number of likely N-dealkylation sites (tertiary alicyclic amines) is 1. The predicted octanol–water partition coefficient (Wildman–Crippen LogP) is 1.41. The number of piperidine rings is 1. The first-order chi connectivity index (χ1) is 12.8. The minimum Gasteiger partial charge on any atom is -0.378 e. The van der Waals surface area contributed by atoms with Crippen molar-refractivity contribution in [1.82, 2.24) is 20.2 Å². The highest BCUT2D eigenvalue weighted by molar-refractivity contribution is 5.94. The summed E-state index contributed by atoms with van der Waals surface area (Å²) in [6.07, 6.45) is 4.28. The second-order valence-electron chi connectivity index (χ2n) is 6.31. The molecule has 2 unspecified atom stereocenters. The number of aromatic nitrogens is 2. The highest BCUT2D eigenvalue weighted by Crippen LogP contribution is 2.14. The average molecular weight is 355 g/mol. The number of ether oxygens (including phenoxy) is 1. The molecule has 2 aromatic rings. The summed E-state index contributed by atoms with van der Waals surface area (Å²) < 4.78 is 5.63. The summed E-state index contributed by atoms with van der Waals surface area (Å²) in [6, 6.07) is 11.1. The third-order valence-corrected chi connectivity index (χ3v) is 4.58. The van der Waals surface area contributed by atoms with Crippen molar-refractivity contribution in [2.75, 3.05) is 38.6 Å². The van der Waals surface area contributed by atoms with E-state index in [0.717, 1.165) is 32.6 Å². The topological polar surface area (TPSA) is 79.4 Å². The second-order valence-corrected chi connectivity index (χ2v) is 6.31. The molecule has 0 aliphatic carbocycles. The van der Waals surface area contributed by atoms with Gasteiger partial charge in [-0.1, -0.05) is 18.2 Å². The molecule has 0 saturated carbocycles. The van der Waals surface area contributed by atoms with Crippen LogP contribution in [0.1, 0.15) is 16.8 Å². The van der Waals surface area contributed by atoms with Crippen LogP contribution in [0.25, 0.3) is 0 Å². The zero-order valence-corrected chi connectivity index (χ0v) is 15.0. The maximum absolute atomic E-state index is 12.4. The van der Waals surface area contributed by atoms with Crippen molar-refractivity contribution < 1.29 is 9.53 Å². The number of rotatable bonds is 7. The predicted molar refractivity (Wildman–Crippen MR) is 100 cm³/mol. The number of carbonyl (C=O) groups excluding carboxylic acids is 1. The van der Waals surface area contributed by atoms with E-state index in [-0.39, 0.29) is 18.1 Å². The van der Waals surface area contributed by atoms with E-state index in [2.05, 4.69) is 25.5 Å². The smallest absolute Gasteiger partial charge is 0.251 e. The van der Waals surface area contributed by atoms with Gasteiger partial charge in [0.1, 0.15) is 0 Å². The number of hydrogen-bond donors (Lipinski definition) is 2. The van der Waals surface area contributed by atoms with Crippen LogP contribution in [0.3, 0.4) is 0 Å². The van der Waals surface area contributed by atoms with E-state index in [0.29, 0.717) is 11.5 Å². The molecule has 3 rings (SSSR count). The Morgan fingerprint density at radius 3 is 2.73 bits per heavy atom. The molecule has 138 valence electrons. The quantitative estimate of drug-likeness (QED) is 0.782. The van der Waals surface area contributed by atoms with Crippen LogP contribution in [0.5, 0.6) is 0 Å². The maximum Gasteiger partial charge on any atom is 0.251 e. The van der Waals surface area contributed by atoms with E-state index >= 15 is 0 Å². The molecule has 1 aliphatic heterocycles. The van der Waals surface area contributed by atoms with Gasteiger partial charge in [0, 0.05) is 51.2 Å². The van der Waals surface area contributed by atoms with Crippen LogP contribution >= 0.6 is 0 Å². The molecule has 1 amide bonds. The summed E-state index contributed by atoms with van der Waals surface area (Å²) in [5, 5.41) is 6.33. The fourth-order valence-corrected chi connectivity index (χ4v) is 3.15. The van der Waals surface area contributed by atoms with Crippen LogP contribution in [0.2, 0.25) is 0 Å². The Morgan fingerprint density at radius 2 is 2.00 bits per heavy atom. The molecule has 1 fully saturated rings. The zero-order chi connectivity index (χ0) is 18.2. The van der Waals surface area contributed by atoms with Crippen molar-refractivity contribution in [3.63, 3.8) is 0 Å². The van der Waals surface area contributed by atoms with Crippen molar-refractivity contribution in [2.45, 2.75) is 18.6 Å². The Morgan fingerprint density at radius 1 is 1.23 bits per heavy atom. The number of anilines is 1. The van der Waals surface area contributed by atoms with Crippen LogP contribution in [0, 0.1) is 0 Å². The summed E-state index contributed by atoms with van der Waals surface area (Å²) >= 11 is 0. The summed E-state index contributed by atoms with van der Waals surface area (Å²) in [7, 11) is 1.70. The fraction of sp³-hybridized carbons (Fsp3) is 0.421. The number of nitrogens with one attached hydrogen (secondary N) is 2. The lowest BCUT2D eigenvalue weighted by Crippen LogP contribution is -2.55. The minimum atomic E-state index is -0.0472. The Hall–Kier alpha value is -2.51. The molecule has 7 nitrogen and oxygen atoms in total. The zero-order valence-electron chi connectivity index (χ0n) is 15.0. The van der Waals surface area contributed by atoms with E-state index in [1.807, 2.05) is 30.3 Å². The normalized spacial score (nSPS) is 20.5. The molecular formula is C19H25N5O2. The van der Waals surface area contributed by atoms with Gasteiger partial charge in [-0.15, -0.1) is 0 Å². The maximum atomic E-state index is 12.4. The summed E-state index contributed by atoms with van der Waals surface area (Å²) in [6.45, 7) is 3.34. The van der Waals surface area contributed by atoms with Gasteiger partial charge in [-0.05, 0) is 24.6 Å². The van der Waals surface area contributed by atoms with Crippen molar-refractivity contribution in [3.05, 3.63) is 54.4 Å². The number of amides is 1. The Kier molecular flexibility index (Phi) is 6.51. The molecule has 0 spiro atoms. The number of hydrogen-bond acceptors (Lipinski definition) is 6. The largest absolute Gasteiger partial charge is 0.378 e.